The van der Waals surface area contributed by atoms with Gasteiger partial charge < -0.3 is 9.47 Å². The van der Waals surface area contributed by atoms with Gasteiger partial charge in [-0.3, -0.25) is 4.57 Å². The molecule has 7 heteroatoms. The number of hydrogen-bond acceptors (Lipinski definition) is 3. The number of imidazole rings is 1. The van der Waals surface area contributed by atoms with Crippen LogP contribution in [0.5, 0.6) is 11.8 Å². The van der Waals surface area contributed by atoms with Crippen molar-refractivity contribution in [1.29, 1.82) is 0 Å². The van der Waals surface area contributed by atoms with Crippen molar-refractivity contribution in [1.82, 2.24) is 9.55 Å². The van der Waals surface area contributed by atoms with Gasteiger partial charge in [-0.1, -0.05) is 6.42 Å². The van der Waals surface area contributed by atoms with Crippen molar-refractivity contribution in [3.05, 3.63) is 17.9 Å². The highest BCUT2D eigenvalue weighted by molar-refractivity contribution is 5.79. The Kier molecular flexibility index (Phi) is 4.63. The molecule has 0 aliphatic heterocycles. The second-order valence-corrected chi connectivity index (χ2v) is 5.81. The van der Waals surface area contributed by atoms with Gasteiger partial charge in [-0.15, -0.1) is 0 Å². The second-order valence-electron chi connectivity index (χ2n) is 5.81. The van der Waals surface area contributed by atoms with E-state index in [4.69, 9.17) is 9.47 Å². The number of benzene rings is 1. The maximum atomic E-state index is 14.1. The first kappa shape index (κ1) is 16.0. The first-order valence-corrected chi connectivity index (χ1v) is 7.78. The average Bonchev–Trinajstić information content (AvgIpc) is 2.84. The number of nitrogens with zero attached hydrogens (tertiary/aromatic N) is 2. The molecule has 4 nitrogen and oxygen atoms in total. The molecule has 23 heavy (non-hydrogen) atoms. The van der Waals surface area contributed by atoms with Crippen molar-refractivity contribution in [2.75, 3.05) is 6.61 Å². The zero-order valence-corrected chi connectivity index (χ0v) is 12.9. The van der Waals surface area contributed by atoms with Crippen LogP contribution in [0.15, 0.2) is 12.1 Å². The van der Waals surface area contributed by atoms with E-state index < -0.39 is 18.8 Å². The molecule has 1 saturated carbocycles. The number of halogens is 3. The van der Waals surface area contributed by atoms with Gasteiger partial charge >= 0.3 is 0 Å². The Morgan fingerprint density at radius 1 is 1.26 bits per heavy atom. The summed E-state index contributed by atoms with van der Waals surface area (Å²) >= 11 is 0. The third-order valence-corrected chi connectivity index (χ3v) is 4.07. The minimum absolute atomic E-state index is 0.0579. The number of hydrogen-bond donors (Lipinski definition) is 0. The Morgan fingerprint density at radius 2 is 2.00 bits per heavy atom. The minimum Gasteiger partial charge on any atom is -0.487 e. The Bertz CT molecular complexity index is 682. The van der Waals surface area contributed by atoms with Gasteiger partial charge in [0.15, 0.2) is 5.82 Å². The van der Waals surface area contributed by atoms with E-state index in [-0.39, 0.29) is 17.4 Å². The van der Waals surface area contributed by atoms with Crippen LogP contribution < -0.4 is 9.47 Å². The average molecular weight is 328 g/mol. The van der Waals surface area contributed by atoms with Crippen molar-refractivity contribution in [2.45, 2.75) is 44.6 Å². The molecule has 1 aliphatic rings. The van der Waals surface area contributed by atoms with Crippen LogP contribution in [0.1, 0.15) is 32.1 Å². The van der Waals surface area contributed by atoms with Crippen LogP contribution in [0, 0.1) is 5.82 Å². The van der Waals surface area contributed by atoms with Gasteiger partial charge in [-0.05, 0) is 25.7 Å². The van der Waals surface area contributed by atoms with Gasteiger partial charge in [0.05, 0.1) is 5.52 Å². The molecule has 0 radical (unpaired) electrons. The Hall–Kier alpha value is -1.92. The summed E-state index contributed by atoms with van der Waals surface area (Å²) in [5, 5.41) is 0. The summed E-state index contributed by atoms with van der Waals surface area (Å²) in [5.41, 5.74) is 0.614. The summed E-state index contributed by atoms with van der Waals surface area (Å²) in [6, 6.07) is 2.92. The first-order chi connectivity index (χ1) is 11.0. The third-order valence-electron chi connectivity index (χ3n) is 4.07. The van der Waals surface area contributed by atoms with Crippen LogP contribution in [-0.2, 0) is 7.05 Å². The maximum absolute atomic E-state index is 14.1. The lowest BCUT2D eigenvalue weighted by molar-refractivity contribution is 0.0818. The van der Waals surface area contributed by atoms with Gasteiger partial charge in [0.2, 0.25) is 0 Å². The fraction of sp³-hybridized carbons (Fsp3) is 0.562. The predicted molar refractivity (Wildman–Crippen MR) is 79.7 cm³/mol. The molecule has 1 aromatic heterocycles. The monoisotopic (exact) mass is 328 g/mol. The molecule has 126 valence electrons. The van der Waals surface area contributed by atoms with E-state index in [1.807, 2.05) is 0 Å². The molecule has 1 fully saturated rings. The van der Waals surface area contributed by atoms with Crippen LogP contribution in [0.3, 0.4) is 0 Å². The van der Waals surface area contributed by atoms with Gasteiger partial charge in [-0.25, -0.2) is 13.2 Å². The fourth-order valence-electron chi connectivity index (χ4n) is 2.88. The zero-order chi connectivity index (χ0) is 16.4. The van der Waals surface area contributed by atoms with Crippen LogP contribution in [-0.4, -0.2) is 28.7 Å². The Morgan fingerprint density at radius 3 is 2.70 bits per heavy atom. The zero-order valence-electron chi connectivity index (χ0n) is 12.9. The quantitative estimate of drug-likeness (QED) is 0.830. The Balaban J connectivity index is 1.86. The lowest BCUT2D eigenvalue weighted by Crippen LogP contribution is -2.21. The topological polar surface area (TPSA) is 36.3 Å². The number of aryl methyl sites for hydroxylation is 1. The van der Waals surface area contributed by atoms with Gasteiger partial charge in [0.25, 0.3) is 12.4 Å². The number of fused-ring (bicyclic) bond motifs is 1. The normalized spacial score (nSPS) is 16.2. The summed E-state index contributed by atoms with van der Waals surface area (Å²) < 4.78 is 51.0. The van der Waals surface area contributed by atoms with Gasteiger partial charge in [0.1, 0.15) is 24.0 Å². The lowest BCUT2D eigenvalue weighted by Gasteiger charge is -2.22. The van der Waals surface area contributed by atoms with E-state index in [2.05, 4.69) is 4.98 Å². The van der Waals surface area contributed by atoms with E-state index in [9.17, 15) is 13.2 Å². The van der Waals surface area contributed by atoms with Crippen LogP contribution in [0.25, 0.3) is 11.0 Å². The highest BCUT2D eigenvalue weighted by atomic mass is 19.3. The van der Waals surface area contributed by atoms with Crippen molar-refractivity contribution in [3.8, 4) is 11.8 Å². The third kappa shape index (κ3) is 3.54. The van der Waals surface area contributed by atoms with E-state index in [1.54, 1.807) is 11.6 Å². The predicted octanol–water partition coefficient (Wildman–Crippen LogP) is 4.07. The van der Waals surface area contributed by atoms with Crippen molar-refractivity contribution in [2.24, 2.45) is 7.05 Å². The van der Waals surface area contributed by atoms with Crippen LogP contribution in [0.4, 0.5) is 13.2 Å². The van der Waals surface area contributed by atoms with E-state index in [0.29, 0.717) is 11.5 Å². The molecule has 0 spiro atoms. The fourth-order valence-corrected chi connectivity index (χ4v) is 2.88. The summed E-state index contributed by atoms with van der Waals surface area (Å²) in [4.78, 5) is 4.20. The molecule has 1 aliphatic carbocycles. The molecule has 1 heterocycles. The second kappa shape index (κ2) is 6.68. The SMILES string of the molecule is Cn1c(OC2CCCCC2)nc2c(F)cc(OCC(F)F)cc21. The molecule has 0 N–H and O–H groups in total. The van der Waals surface area contributed by atoms with E-state index >= 15 is 0 Å². The largest absolute Gasteiger partial charge is 0.487 e. The smallest absolute Gasteiger partial charge is 0.297 e. The number of rotatable bonds is 5. The highest BCUT2D eigenvalue weighted by Gasteiger charge is 2.20. The van der Waals surface area contributed by atoms with Gasteiger partial charge in [-0.2, -0.15) is 4.98 Å². The number of alkyl halides is 2. The summed E-state index contributed by atoms with van der Waals surface area (Å²) in [6.07, 6.45) is 2.87. The molecular weight excluding hydrogens is 309 g/mol. The van der Waals surface area contributed by atoms with E-state index in [1.165, 1.54) is 12.5 Å². The van der Waals surface area contributed by atoms with Crippen molar-refractivity contribution < 1.29 is 22.6 Å². The number of ether oxygens (including phenoxy) is 2. The van der Waals surface area contributed by atoms with Crippen LogP contribution in [0.2, 0.25) is 0 Å². The molecule has 1 aromatic carbocycles. The van der Waals surface area contributed by atoms with Gasteiger partial charge in [0, 0.05) is 19.2 Å². The molecule has 0 bridgehead atoms. The molecule has 0 saturated heterocycles. The molecule has 0 amide bonds. The standard InChI is InChI=1S/C16H19F3N2O2/c1-21-13-8-11(22-9-14(18)19)7-12(17)15(13)20-16(21)23-10-5-3-2-4-6-10/h7-8,10,14H,2-6,9H2,1H3. The summed E-state index contributed by atoms with van der Waals surface area (Å²) in [7, 11) is 1.71. The Labute approximate surface area is 132 Å². The first-order valence-electron chi connectivity index (χ1n) is 7.78. The van der Waals surface area contributed by atoms with Crippen LogP contribution >= 0.6 is 0 Å². The lowest BCUT2D eigenvalue weighted by atomic mass is 9.98. The van der Waals surface area contributed by atoms with E-state index in [0.717, 1.165) is 31.7 Å². The molecular formula is C16H19F3N2O2. The highest BCUT2D eigenvalue weighted by Crippen LogP contribution is 2.29. The maximum Gasteiger partial charge on any atom is 0.297 e. The molecule has 0 unspecified atom stereocenters. The molecule has 3 rings (SSSR count). The van der Waals surface area contributed by atoms with Crippen molar-refractivity contribution >= 4 is 11.0 Å². The minimum atomic E-state index is -2.61. The van der Waals surface area contributed by atoms with Crippen molar-refractivity contribution in [3.63, 3.8) is 0 Å². The number of aromatic nitrogens is 2. The summed E-state index contributed by atoms with van der Waals surface area (Å²) in [5.74, 6) is -0.552. The molecule has 2 aromatic rings. The molecule has 0 atom stereocenters. The summed E-state index contributed by atoms with van der Waals surface area (Å²) in [6.45, 7) is -0.770.